The van der Waals surface area contributed by atoms with Gasteiger partial charge in [-0.05, 0) is 23.3 Å². The number of hydrogen-bond donors (Lipinski definition) is 1. The van der Waals surface area contributed by atoms with Crippen LogP contribution in [0, 0.1) is 0 Å². The van der Waals surface area contributed by atoms with E-state index in [9.17, 15) is 9.90 Å². The van der Waals surface area contributed by atoms with E-state index in [0.717, 1.165) is 25.1 Å². The van der Waals surface area contributed by atoms with E-state index in [1.807, 2.05) is 48.8 Å². The number of quaternary nitrogens is 1. The van der Waals surface area contributed by atoms with Crippen LogP contribution in [0.5, 0.6) is 0 Å². The minimum Gasteiger partial charge on any atom is -0.550 e. The lowest BCUT2D eigenvalue weighted by atomic mass is 10.1. The lowest BCUT2D eigenvalue weighted by Gasteiger charge is -2.14. The summed E-state index contributed by atoms with van der Waals surface area (Å²) < 4.78 is 0. The molecule has 4 nitrogen and oxygen atoms in total. The molecule has 2 aromatic rings. The van der Waals surface area contributed by atoms with Crippen molar-refractivity contribution in [3.05, 3.63) is 65.5 Å². The van der Waals surface area contributed by atoms with Crippen LogP contribution in [-0.4, -0.2) is 24.5 Å². The van der Waals surface area contributed by atoms with Crippen molar-refractivity contribution in [1.82, 2.24) is 4.98 Å². The highest BCUT2D eigenvalue weighted by Crippen LogP contribution is 2.04. The molecule has 110 valence electrons. The van der Waals surface area contributed by atoms with Gasteiger partial charge in [-0.15, -0.1) is 0 Å². The minimum atomic E-state index is -1.04. The first kappa shape index (κ1) is 15.2. The van der Waals surface area contributed by atoms with Crippen molar-refractivity contribution in [2.75, 3.05) is 13.6 Å². The number of aliphatic carboxylic acids is 1. The van der Waals surface area contributed by atoms with Gasteiger partial charge in [0.05, 0.1) is 13.6 Å². The number of hydrogen-bond acceptors (Lipinski definition) is 3. The van der Waals surface area contributed by atoms with Crippen LogP contribution in [0.1, 0.15) is 16.7 Å². The summed E-state index contributed by atoms with van der Waals surface area (Å²) in [5, 5.41) is 10.5. The summed E-state index contributed by atoms with van der Waals surface area (Å²) in [6.07, 6.45) is 4.64. The monoisotopic (exact) mass is 284 g/mol. The maximum absolute atomic E-state index is 10.5. The first-order chi connectivity index (χ1) is 10.1. The standard InChI is InChI=1S/C17H20N2O2/c1-19(11-8-14-6-9-18-10-7-14)13-16-4-2-15(3-5-16)12-17(20)21/h2-7,9-10H,8,11-13H2,1H3,(H,20,21). The van der Waals surface area contributed by atoms with Crippen LogP contribution in [-0.2, 0) is 24.2 Å². The number of rotatable bonds is 7. The van der Waals surface area contributed by atoms with Gasteiger partial charge in [0.15, 0.2) is 0 Å². The Morgan fingerprint density at radius 3 is 2.29 bits per heavy atom. The summed E-state index contributed by atoms with van der Waals surface area (Å²) in [7, 11) is 2.16. The van der Waals surface area contributed by atoms with E-state index < -0.39 is 5.97 Å². The largest absolute Gasteiger partial charge is 0.550 e. The van der Waals surface area contributed by atoms with E-state index in [4.69, 9.17) is 0 Å². The fourth-order valence-corrected chi connectivity index (χ4v) is 2.29. The van der Waals surface area contributed by atoms with Gasteiger partial charge in [0.2, 0.25) is 0 Å². The van der Waals surface area contributed by atoms with Gasteiger partial charge in [0.25, 0.3) is 0 Å². The Labute approximate surface area is 125 Å². The molecular formula is C17H20N2O2. The summed E-state index contributed by atoms with van der Waals surface area (Å²) in [6.45, 7) is 1.97. The molecule has 0 fully saturated rings. The third kappa shape index (κ3) is 5.36. The highest BCUT2D eigenvalue weighted by molar-refractivity contribution is 5.67. The average Bonchev–Trinajstić information content (AvgIpc) is 2.48. The Bertz CT molecular complexity index is 567. The molecule has 4 heteroatoms. The first-order valence-corrected chi connectivity index (χ1v) is 7.11. The highest BCUT2D eigenvalue weighted by atomic mass is 16.4. The SMILES string of the molecule is C[NH+](CCc1ccncc1)Cc1ccc(CC(=O)[O-])cc1. The van der Waals surface area contributed by atoms with Crippen molar-refractivity contribution < 1.29 is 14.8 Å². The number of likely N-dealkylation sites (N-methyl/N-ethyl adjacent to an activating group) is 1. The Morgan fingerprint density at radius 1 is 1.05 bits per heavy atom. The van der Waals surface area contributed by atoms with Gasteiger partial charge in [-0.2, -0.15) is 0 Å². The van der Waals surface area contributed by atoms with Crippen molar-refractivity contribution in [3.8, 4) is 0 Å². The normalized spacial score (nSPS) is 12.0. The van der Waals surface area contributed by atoms with Gasteiger partial charge in [-0.1, -0.05) is 24.3 Å². The molecule has 0 saturated carbocycles. The second-order valence-electron chi connectivity index (χ2n) is 5.35. The fourth-order valence-electron chi connectivity index (χ4n) is 2.29. The van der Waals surface area contributed by atoms with E-state index in [1.54, 1.807) is 0 Å². The zero-order valence-corrected chi connectivity index (χ0v) is 12.2. The number of carbonyl (C=O) groups is 1. The number of carboxylic acids is 1. The van der Waals surface area contributed by atoms with Crippen LogP contribution >= 0.6 is 0 Å². The first-order valence-electron chi connectivity index (χ1n) is 7.11. The number of carboxylic acid groups (broad SMARTS) is 1. The molecule has 2 rings (SSSR count). The molecule has 0 aliphatic carbocycles. The van der Waals surface area contributed by atoms with Crippen LogP contribution in [0.3, 0.4) is 0 Å². The molecule has 0 radical (unpaired) electrons. The molecule has 0 aliphatic heterocycles. The molecule has 1 aromatic heterocycles. The van der Waals surface area contributed by atoms with E-state index in [1.165, 1.54) is 16.0 Å². The zero-order valence-electron chi connectivity index (χ0n) is 12.2. The third-order valence-corrected chi connectivity index (χ3v) is 3.47. The molecule has 1 atom stereocenters. The third-order valence-electron chi connectivity index (χ3n) is 3.47. The number of benzene rings is 1. The number of carbonyl (C=O) groups excluding carboxylic acids is 1. The number of aromatic nitrogens is 1. The lowest BCUT2D eigenvalue weighted by Crippen LogP contribution is -3.07. The predicted molar refractivity (Wildman–Crippen MR) is 78.6 cm³/mol. The summed E-state index contributed by atoms with van der Waals surface area (Å²) in [4.78, 5) is 16.0. The molecular weight excluding hydrogens is 264 g/mol. The van der Waals surface area contributed by atoms with Gasteiger partial charge >= 0.3 is 0 Å². The van der Waals surface area contributed by atoms with Crippen LogP contribution in [0.4, 0.5) is 0 Å². The molecule has 0 spiro atoms. The molecule has 0 amide bonds. The molecule has 1 unspecified atom stereocenters. The highest BCUT2D eigenvalue weighted by Gasteiger charge is 2.04. The Balaban J connectivity index is 1.82. The van der Waals surface area contributed by atoms with Gasteiger partial charge in [-0.25, -0.2) is 0 Å². The number of nitrogens with zero attached hydrogens (tertiary/aromatic N) is 1. The van der Waals surface area contributed by atoms with Crippen molar-refractivity contribution in [2.24, 2.45) is 0 Å². The van der Waals surface area contributed by atoms with Crippen LogP contribution in [0.2, 0.25) is 0 Å². The smallest absolute Gasteiger partial charge is 0.103 e. The molecule has 0 saturated heterocycles. The summed E-state index contributed by atoms with van der Waals surface area (Å²) >= 11 is 0. The maximum atomic E-state index is 10.5. The molecule has 0 aliphatic rings. The minimum absolute atomic E-state index is 0.0228. The number of pyridine rings is 1. The molecule has 1 N–H and O–H groups in total. The zero-order chi connectivity index (χ0) is 15.1. The van der Waals surface area contributed by atoms with Crippen LogP contribution in [0.25, 0.3) is 0 Å². The maximum Gasteiger partial charge on any atom is 0.103 e. The van der Waals surface area contributed by atoms with Gasteiger partial charge < -0.3 is 14.8 Å². The van der Waals surface area contributed by atoms with Crippen molar-refractivity contribution >= 4 is 5.97 Å². The second-order valence-corrected chi connectivity index (χ2v) is 5.35. The second kappa shape index (κ2) is 7.55. The topological polar surface area (TPSA) is 57.5 Å². The average molecular weight is 284 g/mol. The van der Waals surface area contributed by atoms with Crippen LogP contribution < -0.4 is 10.0 Å². The van der Waals surface area contributed by atoms with E-state index in [-0.39, 0.29) is 6.42 Å². The predicted octanol–water partition coefficient (Wildman–Crippen LogP) is -0.369. The van der Waals surface area contributed by atoms with Crippen molar-refractivity contribution in [2.45, 2.75) is 19.4 Å². The van der Waals surface area contributed by atoms with E-state index in [2.05, 4.69) is 12.0 Å². The summed E-state index contributed by atoms with van der Waals surface area (Å²) in [5.41, 5.74) is 3.30. The quantitative estimate of drug-likeness (QED) is 0.755. The van der Waals surface area contributed by atoms with Gasteiger partial charge in [0.1, 0.15) is 6.54 Å². The number of nitrogens with one attached hydrogen (secondary N) is 1. The fraction of sp³-hybridized carbons (Fsp3) is 0.294. The van der Waals surface area contributed by atoms with Crippen molar-refractivity contribution in [1.29, 1.82) is 0 Å². The lowest BCUT2D eigenvalue weighted by molar-refractivity contribution is -0.893. The Kier molecular flexibility index (Phi) is 5.46. The van der Waals surface area contributed by atoms with Gasteiger partial charge in [0, 0.05) is 36.8 Å². The molecule has 0 bridgehead atoms. The summed E-state index contributed by atoms with van der Waals surface area (Å²) in [5.74, 6) is -1.04. The van der Waals surface area contributed by atoms with E-state index in [0.29, 0.717) is 0 Å². The molecule has 21 heavy (non-hydrogen) atoms. The van der Waals surface area contributed by atoms with Gasteiger partial charge in [-0.3, -0.25) is 4.98 Å². The van der Waals surface area contributed by atoms with Crippen molar-refractivity contribution in [3.63, 3.8) is 0 Å². The molecule has 1 heterocycles. The summed E-state index contributed by atoms with van der Waals surface area (Å²) in [6, 6.07) is 11.8. The Morgan fingerprint density at radius 2 is 1.67 bits per heavy atom. The molecule has 1 aromatic carbocycles. The van der Waals surface area contributed by atoms with Crippen LogP contribution in [0.15, 0.2) is 48.8 Å². The van der Waals surface area contributed by atoms with E-state index >= 15 is 0 Å². The Hall–Kier alpha value is -2.20.